The third kappa shape index (κ3) is 2.58. The monoisotopic (exact) mass is 371 g/mol. The van der Waals surface area contributed by atoms with Gasteiger partial charge in [0, 0.05) is 22.4 Å². The second-order valence-corrected chi connectivity index (χ2v) is 5.39. The summed E-state index contributed by atoms with van der Waals surface area (Å²) in [4.78, 5) is 8.35. The molecule has 0 aliphatic carbocycles. The highest BCUT2D eigenvalue weighted by Crippen LogP contribution is 2.16. The molecule has 2 aromatic heterocycles. The number of pyridine rings is 1. The van der Waals surface area contributed by atoms with Gasteiger partial charge in [0.05, 0.1) is 11.8 Å². The van der Waals surface area contributed by atoms with Gasteiger partial charge in [-0.25, -0.2) is 18.7 Å². The maximum Gasteiger partial charge on any atom is 0.177 e. The molecule has 0 bridgehead atoms. The summed E-state index contributed by atoms with van der Waals surface area (Å²) in [5, 5.41) is 0. The molecule has 3 aromatic rings. The van der Waals surface area contributed by atoms with Crippen molar-refractivity contribution in [2.24, 2.45) is 0 Å². The molecule has 0 spiro atoms. The fraction of sp³-hybridized carbons (Fsp3) is 0.0769. The van der Waals surface area contributed by atoms with Crippen LogP contribution in [0.15, 0.2) is 36.8 Å². The summed E-state index contributed by atoms with van der Waals surface area (Å²) in [6.07, 6.45) is 3.35. The van der Waals surface area contributed by atoms with E-state index < -0.39 is 11.6 Å². The van der Waals surface area contributed by atoms with E-state index in [1.54, 1.807) is 12.5 Å². The van der Waals surface area contributed by atoms with Crippen molar-refractivity contribution >= 4 is 33.8 Å². The summed E-state index contributed by atoms with van der Waals surface area (Å²) in [6.45, 7) is 0.354. The first kappa shape index (κ1) is 12.5. The molecule has 19 heavy (non-hydrogen) atoms. The van der Waals surface area contributed by atoms with Crippen molar-refractivity contribution in [3.63, 3.8) is 0 Å². The summed E-state index contributed by atoms with van der Waals surface area (Å²) in [5.41, 5.74) is 2.02. The van der Waals surface area contributed by atoms with Crippen LogP contribution in [-0.2, 0) is 6.54 Å². The highest BCUT2D eigenvalue weighted by Gasteiger charge is 2.07. The van der Waals surface area contributed by atoms with Gasteiger partial charge < -0.3 is 4.57 Å². The van der Waals surface area contributed by atoms with Gasteiger partial charge >= 0.3 is 0 Å². The van der Waals surface area contributed by atoms with E-state index in [4.69, 9.17) is 0 Å². The van der Waals surface area contributed by atoms with Crippen molar-refractivity contribution in [1.82, 2.24) is 14.5 Å². The number of aromatic nitrogens is 3. The lowest BCUT2D eigenvalue weighted by Crippen LogP contribution is -1.99. The minimum Gasteiger partial charge on any atom is -0.325 e. The van der Waals surface area contributed by atoms with E-state index >= 15 is 0 Å². The van der Waals surface area contributed by atoms with Crippen molar-refractivity contribution in [3.8, 4) is 0 Å². The van der Waals surface area contributed by atoms with Crippen LogP contribution in [-0.4, -0.2) is 14.5 Å². The molecule has 96 valence electrons. The van der Waals surface area contributed by atoms with E-state index in [9.17, 15) is 8.78 Å². The molecule has 0 radical (unpaired) electrons. The number of benzene rings is 1. The molecule has 0 aliphatic rings. The Hall–Kier alpha value is -1.57. The van der Waals surface area contributed by atoms with Crippen molar-refractivity contribution in [3.05, 3.63) is 57.6 Å². The van der Waals surface area contributed by atoms with Crippen LogP contribution in [0.2, 0.25) is 0 Å². The number of halogens is 3. The van der Waals surface area contributed by atoms with Gasteiger partial charge in [0.2, 0.25) is 0 Å². The summed E-state index contributed by atoms with van der Waals surface area (Å²) in [5.74, 6) is -1.15. The average molecular weight is 371 g/mol. The Labute approximate surface area is 121 Å². The van der Waals surface area contributed by atoms with Crippen molar-refractivity contribution in [1.29, 1.82) is 0 Å². The van der Waals surface area contributed by atoms with Crippen LogP contribution >= 0.6 is 22.6 Å². The second kappa shape index (κ2) is 4.84. The summed E-state index contributed by atoms with van der Waals surface area (Å²) in [6, 6.07) is 5.43. The maximum absolute atomic E-state index is 13.2. The van der Waals surface area contributed by atoms with Crippen LogP contribution in [0.1, 0.15) is 5.56 Å². The van der Waals surface area contributed by atoms with Gasteiger partial charge in [-0.1, -0.05) is 0 Å². The van der Waals surface area contributed by atoms with Gasteiger partial charge in [0.15, 0.2) is 5.65 Å². The molecule has 0 saturated carbocycles. The molecule has 0 unspecified atom stereocenters. The van der Waals surface area contributed by atoms with E-state index in [2.05, 4.69) is 32.6 Å². The van der Waals surface area contributed by atoms with Crippen molar-refractivity contribution in [2.75, 3.05) is 0 Å². The summed E-state index contributed by atoms with van der Waals surface area (Å²) in [7, 11) is 0. The Balaban J connectivity index is 2.03. The van der Waals surface area contributed by atoms with E-state index in [1.807, 2.05) is 10.6 Å². The highest BCUT2D eigenvalue weighted by atomic mass is 127. The molecule has 0 saturated heterocycles. The van der Waals surface area contributed by atoms with Crippen LogP contribution < -0.4 is 0 Å². The summed E-state index contributed by atoms with van der Waals surface area (Å²) >= 11 is 2.16. The Morgan fingerprint density at radius 2 is 1.79 bits per heavy atom. The number of hydrogen-bond acceptors (Lipinski definition) is 2. The van der Waals surface area contributed by atoms with Crippen molar-refractivity contribution < 1.29 is 8.78 Å². The smallest absolute Gasteiger partial charge is 0.177 e. The maximum atomic E-state index is 13.2. The fourth-order valence-corrected chi connectivity index (χ4v) is 2.38. The SMILES string of the molecule is Fc1cc(F)cc(Cn2cnc3ncc(I)cc32)c1. The predicted molar refractivity (Wildman–Crippen MR) is 75.7 cm³/mol. The average Bonchev–Trinajstić information content (AvgIpc) is 2.70. The number of imidazole rings is 1. The number of nitrogens with zero attached hydrogens (tertiary/aromatic N) is 3. The molecule has 3 nitrogen and oxygen atoms in total. The normalized spacial score (nSPS) is 11.1. The fourth-order valence-electron chi connectivity index (χ4n) is 1.94. The van der Waals surface area contributed by atoms with Gasteiger partial charge in [-0.05, 0) is 46.4 Å². The van der Waals surface area contributed by atoms with E-state index in [0.717, 1.165) is 15.2 Å². The Bertz CT molecular complexity index is 734. The van der Waals surface area contributed by atoms with Crippen LogP contribution in [0, 0.1) is 15.2 Å². The molecule has 0 aliphatic heterocycles. The molecule has 0 N–H and O–H groups in total. The molecule has 0 amide bonds. The van der Waals surface area contributed by atoms with E-state index in [0.29, 0.717) is 17.8 Å². The lowest BCUT2D eigenvalue weighted by molar-refractivity contribution is 0.578. The number of hydrogen-bond donors (Lipinski definition) is 0. The summed E-state index contributed by atoms with van der Waals surface area (Å²) < 4.78 is 29.1. The molecule has 1 aromatic carbocycles. The zero-order chi connectivity index (χ0) is 13.4. The van der Waals surface area contributed by atoms with Gasteiger partial charge in [-0.2, -0.15) is 0 Å². The first-order valence-corrected chi connectivity index (χ1v) is 6.61. The first-order valence-electron chi connectivity index (χ1n) is 5.53. The largest absolute Gasteiger partial charge is 0.325 e. The van der Waals surface area contributed by atoms with Gasteiger partial charge in [0.1, 0.15) is 11.6 Å². The molecule has 2 heterocycles. The van der Waals surface area contributed by atoms with Crippen LogP contribution in [0.4, 0.5) is 8.78 Å². The number of rotatable bonds is 2. The van der Waals surface area contributed by atoms with Gasteiger partial charge in [-0.15, -0.1) is 0 Å². The third-order valence-corrected chi connectivity index (χ3v) is 3.31. The molecular weight excluding hydrogens is 363 g/mol. The zero-order valence-corrected chi connectivity index (χ0v) is 11.8. The Morgan fingerprint density at radius 3 is 2.53 bits per heavy atom. The second-order valence-electron chi connectivity index (χ2n) is 4.15. The third-order valence-electron chi connectivity index (χ3n) is 2.72. The molecule has 0 atom stereocenters. The minimum absolute atomic E-state index is 0.354. The van der Waals surface area contributed by atoms with Gasteiger partial charge in [0.25, 0.3) is 0 Å². The zero-order valence-electron chi connectivity index (χ0n) is 9.65. The number of fused-ring (bicyclic) bond motifs is 1. The Kier molecular flexibility index (Phi) is 3.17. The van der Waals surface area contributed by atoms with Crippen LogP contribution in [0.3, 0.4) is 0 Å². The Morgan fingerprint density at radius 1 is 1.05 bits per heavy atom. The standard InChI is InChI=1S/C13H8F2IN3/c14-9-1-8(2-10(15)3-9)6-19-7-18-13-12(19)4-11(16)5-17-13/h1-5,7H,6H2. The highest BCUT2D eigenvalue weighted by molar-refractivity contribution is 14.1. The first-order chi connectivity index (χ1) is 9.11. The van der Waals surface area contributed by atoms with Gasteiger partial charge in [-0.3, -0.25) is 0 Å². The van der Waals surface area contributed by atoms with E-state index in [1.165, 1.54) is 12.1 Å². The quantitative estimate of drug-likeness (QED) is 0.647. The van der Waals surface area contributed by atoms with Crippen LogP contribution in [0.25, 0.3) is 11.2 Å². The topological polar surface area (TPSA) is 30.7 Å². The molecule has 0 fully saturated rings. The predicted octanol–water partition coefficient (Wildman–Crippen LogP) is 3.36. The lowest BCUT2D eigenvalue weighted by Gasteiger charge is -2.05. The minimum atomic E-state index is -0.577. The molecular formula is C13H8F2IN3. The van der Waals surface area contributed by atoms with Crippen LogP contribution in [0.5, 0.6) is 0 Å². The molecule has 6 heteroatoms. The lowest BCUT2D eigenvalue weighted by atomic mass is 10.2. The van der Waals surface area contributed by atoms with Crippen molar-refractivity contribution in [2.45, 2.75) is 6.54 Å². The molecule has 3 rings (SSSR count). The van der Waals surface area contributed by atoms with E-state index in [-0.39, 0.29) is 0 Å².